The second-order valence-electron chi connectivity index (χ2n) is 9.88. The van der Waals surface area contributed by atoms with Crippen molar-refractivity contribution in [2.75, 3.05) is 38.3 Å². The molecule has 1 aliphatic heterocycles. The van der Waals surface area contributed by atoms with Crippen LogP contribution in [0, 0.1) is 5.92 Å². The van der Waals surface area contributed by atoms with Gasteiger partial charge >= 0.3 is 0 Å². The summed E-state index contributed by atoms with van der Waals surface area (Å²) in [5, 5.41) is 7.96. The highest BCUT2D eigenvalue weighted by Gasteiger charge is 2.37. The fourth-order valence-electron chi connectivity index (χ4n) is 5.19. The van der Waals surface area contributed by atoms with Crippen LogP contribution in [0.1, 0.15) is 43.7 Å². The van der Waals surface area contributed by atoms with Gasteiger partial charge < -0.3 is 25.3 Å². The standard InChI is InChI=1S/C29H37ClN4O3/c1-4-5-12-37-18-27(35)33-28(19(2)24-16-32-25-9-7-6-8-23(24)25)29(36)34-17-20(15-31-3)13-21-14-22(30)10-11-26(21)34/h6-11,14,16,19-20,28,31-32H,4-5,12-13,15,17-18H2,1-3H3,(H,33,35)/t19?,20-,28?/m1/s1. The second-order valence-corrected chi connectivity index (χ2v) is 10.3. The molecule has 37 heavy (non-hydrogen) atoms. The van der Waals surface area contributed by atoms with E-state index in [9.17, 15) is 9.59 Å². The molecule has 2 heterocycles. The normalized spacial score (nSPS) is 16.9. The first-order valence-electron chi connectivity index (χ1n) is 13.1. The van der Waals surface area contributed by atoms with Crippen LogP contribution in [0.2, 0.25) is 5.02 Å². The minimum absolute atomic E-state index is 0.0705. The van der Waals surface area contributed by atoms with Crippen molar-refractivity contribution in [3.05, 3.63) is 64.8 Å². The lowest BCUT2D eigenvalue weighted by molar-refractivity contribution is -0.131. The number of carbonyl (C=O) groups excluding carboxylic acids is 2. The van der Waals surface area contributed by atoms with Crippen molar-refractivity contribution < 1.29 is 14.3 Å². The molecule has 7 nitrogen and oxygen atoms in total. The maximum absolute atomic E-state index is 14.3. The number of benzene rings is 2. The largest absolute Gasteiger partial charge is 0.372 e. The van der Waals surface area contributed by atoms with Gasteiger partial charge in [-0.1, -0.05) is 50.1 Å². The van der Waals surface area contributed by atoms with E-state index in [1.54, 1.807) is 0 Å². The Morgan fingerprint density at radius 2 is 2.05 bits per heavy atom. The smallest absolute Gasteiger partial charge is 0.250 e. The summed E-state index contributed by atoms with van der Waals surface area (Å²) in [6, 6.07) is 12.9. The molecule has 0 spiro atoms. The van der Waals surface area contributed by atoms with Crippen LogP contribution in [0.15, 0.2) is 48.7 Å². The maximum Gasteiger partial charge on any atom is 0.250 e. The molecular weight excluding hydrogens is 488 g/mol. The van der Waals surface area contributed by atoms with Gasteiger partial charge in [0.25, 0.3) is 0 Å². The summed E-state index contributed by atoms with van der Waals surface area (Å²) in [5.74, 6) is -0.467. The van der Waals surface area contributed by atoms with Gasteiger partial charge in [0.2, 0.25) is 11.8 Å². The number of carbonyl (C=O) groups is 2. The highest BCUT2D eigenvalue weighted by Crippen LogP contribution is 2.35. The molecule has 1 aliphatic rings. The molecule has 0 aliphatic carbocycles. The minimum atomic E-state index is -0.765. The Bertz CT molecular complexity index is 1230. The van der Waals surface area contributed by atoms with Gasteiger partial charge in [-0.2, -0.15) is 0 Å². The first-order chi connectivity index (χ1) is 17.9. The molecule has 2 unspecified atom stereocenters. The molecule has 0 fully saturated rings. The summed E-state index contributed by atoms with van der Waals surface area (Å²) in [6.07, 6.45) is 4.65. The van der Waals surface area contributed by atoms with E-state index in [0.29, 0.717) is 18.2 Å². The van der Waals surface area contributed by atoms with Crippen LogP contribution in [0.3, 0.4) is 0 Å². The predicted octanol–water partition coefficient (Wildman–Crippen LogP) is 4.65. The van der Waals surface area contributed by atoms with E-state index >= 15 is 0 Å². The third kappa shape index (κ3) is 6.35. The molecule has 3 aromatic rings. The van der Waals surface area contributed by atoms with Gasteiger partial charge in [-0.25, -0.2) is 0 Å². The zero-order chi connectivity index (χ0) is 26.4. The van der Waals surface area contributed by atoms with Crippen LogP contribution >= 0.6 is 11.6 Å². The zero-order valence-electron chi connectivity index (χ0n) is 21.9. The Morgan fingerprint density at radius 3 is 2.84 bits per heavy atom. The Kier molecular flexibility index (Phi) is 9.24. The molecular formula is C29H37ClN4O3. The highest BCUT2D eigenvalue weighted by atomic mass is 35.5. The Labute approximate surface area is 223 Å². The van der Waals surface area contributed by atoms with E-state index in [-0.39, 0.29) is 30.3 Å². The van der Waals surface area contributed by atoms with Crippen LogP contribution < -0.4 is 15.5 Å². The van der Waals surface area contributed by atoms with Crippen LogP contribution in [-0.4, -0.2) is 56.2 Å². The van der Waals surface area contributed by atoms with E-state index in [1.165, 1.54) is 0 Å². The van der Waals surface area contributed by atoms with E-state index in [1.807, 2.05) is 67.5 Å². The van der Waals surface area contributed by atoms with Gasteiger partial charge in [-0.05, 0) is 67.7 Å². The van der Waals surface area contributed by atoms with Gasteiger partial charge in [0.05, 0.1) is 0 Å². The SMILES string of the molecule is CCCCOCC(=O)NC(C(=O)N1C[C@@H](CNC)Cc2cc(Cl)ccc21)C(C)c1c[nH]c2ccccc12. The van der Waals surface area contributed by atoms with Crippen molar-refractivity contribution in [1.82, 2.24) is 15.6 Å². The summed E-state index contributed by atoms with van der Waals surface area (Å²) in [6.45, 7) is 5.86. The molecule has 2 amide bonds. The average Bonchev–Trinajstić information content (AvgIpc) is 3.33. The number of fused-ring (bicyclic) bond motifs is 2. The van der Waals surface area contributed by atoms with E-state index < -0.39 is 6.04 Å². The monoisotopic (exact) mass is 524 g/mol. The van der Waals surface area contributed by atoms with Gasteiger partial charge in [-0.15, -0.1) is 0 Å². The van der Waals surface area contributed by atoms with Crippen molar-refractivity contribution in [1.29, 1.82) is 0 Å². The van der Waals surface area contributed by atoms with Gasteiger partial charge in [-0.3, -0.25) is 9.59 Å². The number of aromatic nitrogens is 1. The molecule has 1 aromatic heterocycles. The molecule has 0 saturated carbocycles. The van der Waals surface area contributed by atoms with E-state index in [4.69, 9.17) is 16.3 Å². The topological polar surface area (TPSA) is 86.5 Å². The van der Waals surface area contributed by atoms with Crippen LogP contribution in [0.5, 0.6) is 0 Å². The third-order valence-electron chi connectivity index (χ3n) is 7.11. The highest BCUT2D eigenvalue weighted by molar-refractivity contribution is 6.30. The number of rotatable bonds is 11. The first-order valence-corrected chi connectivity index (χ1v) is 13.5. The Balaban J connectivity index is 1.66. The van der Waals surface area contributed by atoms with Crippen molar-refractivity contribution >= 4 is 40.0 Å². The fourth-order valence-corrected chi connectivity index (χ4v) is 5.39. The van der Waals surface area contributed by atoms with E-state index in [2.05, 4.69) is 22.5 Å². The number of unbranched alkanes of at least 4 members (excludes halogenated alkanes) is 1. The molecule has 0 saturated heterocycles. The number of H-pyrrole nitrogens is 1. The number of hydrogen-bond acceptors (Lipinski definition) is 4. The molecule has 3 N–H and O–H groups in total. The first kappa shape index (κ1) is 27.2. The lowest BCUT2D eigenvalue weighted by Gasteiger charge is -2.38. The summed E-state index contributed by atoms with van der Waals surface area (Å²) < 4.78 is 5.56. The van der Waals surface area contributed by atoms with Crippen LogP contribution in [0.25, 0.3) is 10.9 Å². The number of aromatic amines is 1. The lowest BCUT2D eigenvalue weighted by Crippen LogP contribution is -2.54. The van der Waals surface area contributed by atoms with Gasteiger partial charge in [0.15, 0.2) is 0 Å². The molecule has 0 bridgehead atoms. The number of anilines is 1. The molecule has 198 valence electrons. The summed E-state index contributed by atoms with van der Waals surface area (Å²) >= 11 is 6.31. The lowest BCUT2D eigenvalue weighted by atomic mass is 9.88. The average molecular weight is 525 g/mol. The minimum Gasteiger partial charge on any atom is -0.372 e. The molecule has 0 radical (unpaired) electrons. The quantitative estimate of drug-likeness (QED) is 0.319. The maximum atomic E-state index is 14.3. The third-order valence-corrected chi connectivity index (χ3v) is 7.35. The number of halogens is 1. The number of amides is 2. The number of para-hydroxylation sites is 1. The molecule has 8 heteroatoms. The summed E-state index contributed by atoms with van der Waals surface area (Å²) in [5.41, 5.74) is 3.88. The summed E-state index contributed by atoms with van der Waals surface area (Å²) in [7, 11) is 1.92. The number of hydrogen-bond donors (Lipinski definition) is 3. The second kappa shape index (κ2) is 12.6. The zero-order valence-corrected chi connectivity index (χ0v) is 22.6. The van der Waals surface area contributed by atoms with Crippen LogP contribution in [-0.2, 0) is 20.7 Å². The predicted molar refractivity (Wildman–Crippen MR) is 149 cm³/mol. The van der Waals surface area contributed by atoms with Crippen molar-refractivity contribution in [3.63, 3.8) is 0 Å². The summed E-state index contributed by atoms with van der Waals surface area (Å²) in [4.78, 5) is 32.4. The molecule has 3 atom stereocenters. The van der Waals surface area contributed by atoms with Crippen molar-refractivity contribution in [3.8, 4) is 0 Å². The number of ether oxygens (including phenoxy) is 1. The Morgan fingerprint density at radius 1 is 1.24 bits per heavy atom. The number of nitrogens with zero attached hydrogens (tertiary/aromatic N) is 1. The molecule has 4 rings (SSSR count). The van der Waals surface area contributed by atoms with Gasteiger partial charge in [0.1, 0.15) is 12.6 Å². The number of nitrogens with one attached hydrogen (secondary N) is 3. The molecule has 2 aromatic carbocycles. The van der Waals surface area contributed by atoms with E-state index in [0.717, 1.165) is 53.5 Å². The van der Waals surface area contributed by atoms with Crippen molar-refractivity contribution in [2.45, 2.75) is 45.1 Å². The van der Waals surface area contributed by atoms with Crippen molar-refractivity contribution in [2.24, 2.45) is 5.92 Å². The van der Waals surface area contributed by atoms with Crippen LogP contribution in [0.4, 0.5) is 5.69 Å². The van der Waals surface area contributed by atoms with Gasteiger partial charge in [0, 0.05) is 46.9 Å². The Hall–Kier alpha value is -2.87. The fraction of sp³-hybridized carbons (Fsp3) is 0.448.